The van der Waals surface area contributed by atoms with E-state index in [2.05, 4.69) is 29.4 Å². The van der Waals surface area contributed by atoms with Crippen LogP contribution in [0.25, 0.3) is 10.9 Å². The number of fused-ring (bicyclic) bond motifs is 1. The number of benzene rings is 2. The van der Waals surface area contributed by atoms with Gasteiger partial charge in [-0.25, -0.2) is 0 Å². The molecule has 0 fully saturated rings. The fraction of sp³-hybridized carbons (Fsp3) is 0.238. The Morgan fingerprint density at radius 2 is 2.08 bits per heavy atom. The Bertz CT molecular complexity index is 920. The Labute approximate surface area is 147 Å². The van der Waals surface area contributed by atoms with Gasteiger partial charge in [-0.05, 0) is 42.2 Å². The molecule has 0 bridgehead atoms. The van der Waals surface area contributed by atoms with E-state index in [1.165, 1.54) is 0 Å². The summed E-state index contributed by atoms with van der Waals surface area (Å²) in [5, 5.41) is 13.3. The maximum Gasteiger partial charge on any atom is 0.251 e. The molecular formula is C21H21N3O. The first-order valence-electron chi connectivity index (χ1n) is 8.53. The van der Waals surface area contributed by atoms with Gasteiger partial charge in [0.15, 0.2) is 0 Å². The van der Waals surface area contributed by atoms with E-state index < -0.39 is 0 Å². The lowest BCUT2D eigenvalue weighted by molar-refractivity contribution is 0.0937. The molecule has 25 heavy (non-hydrogen) atoms. The molecule has 1 heterocycles. The number of rotatable bonds is 6. The number of aryl methyl sites for hydroxylation is 1. The summed E-state index contributed by atoms with van der Waals surface area (Å²) < 4.78 is 0. The number of H-pyrrole nitrogens is 1. The summed E-state index contributed by atoms with van der Waals surface area (Å²) >= 11 is 0. The van der Waals surface area contributed by atoms with E-state index >= 15 is 0 Å². The first-order valence-corrected chi connectivity index (χ1v) is 8.53. The molecule has 3 rings (SSSR count). The zero-order valence-electron chi connectivity index (χ0n) is 14.3. The normalized spacial score (nSPS) is 11.8. The molecule has 0 aliphatic heterocycles. The molecule has 0 aliphatic rings. The van der Waals surface area contributed by atoms with E-state index in [4.69, 9.17) is 5.26 Å². The molecular weight excluding hydrogens is 310 g/mol. The second-order valence-corrected chi connectivity index (χ2v) is 6.15. The molecule has 3 aromatic rings. The minimum Gasteiger partial charge on any atom is -0.361 e. The number of hydrogen-bond acceptors (Lipinski definition) is 2. The number of aromatic nitrogens is 1. The second kappa shape index (κ2) is 7.67. The Morgan fingerprint density at radius 1 is 1.24 bits per heavy atom. The van der Waals surface area contributed by atoms with Crippen LogP contribution in [0.2, 0.25) is 0 Å². The third kappa shape index (κ3) is 3.89. The standard InChI is InChI=1S/C21H21N3O/c1-2-15-6-5-7-16(12-15)21(25)24-18(10-11-22)13-17-14-23-20-9-4-3-8-19(17)20/h3-9,12,14,18,23H,2,10,13H2,1H3,(H,24,25). The molecule has 1 aromatic heterocycles. The van der Waals surface area contributed by atoms with Gasteiger partial charge in [0.05, 0.1) is 12.5 Å². The quantitative estimate of drug-likeness (QED) is 0.717. The molecule has 2 N–H and O–H groups in total. The lowest BCUT2D eigenvalue weighted by Crippen LogP contribution is -2.36. The van der Waals surface area contributed by atoms with Crippen molar-refractivity contribution in [1.29, 1.82) is 5.26 Å². The predicted octanol–water partition coefficient (Wildman–Crippen LogP) is 3.99. The van der Waals surface area contributed by atoms with Crippen LogP contribution >= 0.6 is 0 Å². The van der Waals surface area contributed by atoms with Crippen molar-refractivity contribution in [3.05, 3.63) is 71.4 Å². The van der Waals surface area contributed by atoms with Crippen molar-refractivity contribution in [2.45, 2.75) is 32.2 Å². The Morgan fingerprint density at radius 3 is 2.88 bits per heavy atom. The predicted molar refractivity (Wildman–Crippen MR) is 99.3 cm³/mol. The fourth-order valence-corrected chi connectivity index (χ4v) is 3.05. The maximum absolute atomic E-state index is 12.6. The largest absolute Gasteiger partial charge is 0.361 e. The van der Waals surface area contributed by atoms with Crippen LogP contribution in [-0.2, 0) is 12.8 Å². The fourth-order valence-electron chi connectivity index (χ4n) is 3.05. The summed E-state index contributed by atoms with van der Waals surface area (Å²) in [4.78, 5) is 15.8. The molecule has 1 unspecified atom stereocenters. The first kappa shape index (κ1) is 16.8. The van der Waals surface area contributed by atoms with Crippen molar-refractivity contribution in [1.82, 2.24) is 10.3 Å². The zero-order valence-corrected chi connectivity index (χ0v) is 14.3. The third-order valence-electron chi connectivity index (χ3n) is 4.41. The lowest BCUT2D eigenvalue weighted by atomic mass is 10.0. The summed E-state index contributed by atoms with van der Waals surface area (Å²) in [7, 11) is 0. The van der Waals surface area contributed by atoms with E-state index in [1.807, 2.05) is 48.7 Å². The van der Waals surface area contributed by atoms with Crippen LogP contribution in [0, 0.1) is 11.3 Å². The highest BCUT2D eigenvalue weighted by Gasteiger charge is 2.16. The number of amides is 1. The molecule has 1 amide bonds. The summed E-state index contributed by atoms with van der Waals surface area (Å²) in [6, 6.07) is 17.6. The van der Waals surface area contributed by atoms with Gasteiger partial charge in [0, 0.05) is 28.7 Å². The topological polar surface area (TPSA) is 68.7 Å². The van der Waals surface area contributed by atoms with Crippen LogP contribution in [0.4, 0.5) is 0 Å². The highest BCUT2D eigenvalue weighted by Crippen LogP contribution is 2.20. The van der Waals surface area contributed by atoms with E-state index in [9.17, 15) is 4.79 Å². The van der Waals surface area contributed by atoms with Crippen LogP contribution in [0.15, 0.2) is 54.7 Å². The molecule has 126 valence electrons. The van der Waals surface area contributed by atoms with Crippen molar-refractivity contribution in [3.63, 3.8) is 0 Å². The van der Waals surface area contributed by atoms with Gasteiger partial charge in [0.1, 0.15) is 0 Å². The Balaban J connectivity index is 1.77. The molecule has 0 spiro atoms. The summed E-state index contributed by atoms with van der Waals surface area (Å²) in [5.74, 6) is -0.129. The van der Waals surface area contributed by atoms with Crippen LogP contribution < -0.4 is 5.32 Å². The molecule has 2 aromatic carbocycles. The molecule has 0 saturated heterocycles. The molecule has 0 aliphatic carbocycles. The van der Waals surface area contributed by atoms with Crippen LogP contribution in [-0.4, -0.2) is 16.9 Å². The number of carbonyl (C=O) groups excluding carboxylic acids is 1. The highest BCUT2D eigenvalue weighted by molar-refractivity contribution is 5.94. The number of hydrogen-bond donors (Lipinski definition) is 2. The van der Waals surface area contributed by atoms with E-state index in [0.717, 1.165) is 28.5 Å². The smallest absolute Gasteiger partial charge is 0.251 e. The molecule has 0 radical (unpaired) electrons. The molecule has 4 heteroatoms. The molecule has 1 atom stereocenters. The first-order chi connectivity index (χ1) is 12.2. The highest BCUT2D eigenvalue weighted by atomic mass is 16.1. The van der Waals surface area contributed by atoms with Gasteiger partial charge in [-0.2, -0.15) is 5.26 Å². The van der Waals surface area contributed by atoms with Gasteiger partial charge in [-0.3, -0.25) is 4.79 Å². The van der Waals surface area contributed by atoms with Gasteiger partial charge in [-0.15, -0.1) is 0 Å². The van der Waals surface area contributed by atoms with Gasteiger partial charge in [0.25, 0.3) is 5.91 Å². The Hall–Kier alpha value is -3.06. The number of nitrogens with one attached hydrogen (secondary N) is 2. The zero-order chi connectivity index (χ0) is 17.6. The summed E-state index contributed by atoms with van der Waals surface area (Å²) in [5.41, 5.74) is 3.94. The lowest BCUT2D eigenvalue weighted by Gasteiger charge is -2.16. The SMILES string of the molecule is CCc1cccc(C(=O)NC(CC#N)Cc2c[nH]c3ccccc23)c1. The van der Waals surface area contributed by atoms with Crippen molar-refractivity contribution < 1.29 is 4.79 Å². The minimum absolute atomic E-state index is 0.129. The molecule has 4 nitrogen and oxygen atoms in total. The van der Waals surface area contributed by atoms with Gasteiger partial charge in [-0.1, -0.05) is 37.3 Å². The van der Waals surface area contributed by atoms with Gasteiger partial charge in [0.2, 0.25) is 0 Å². The summed E-state index contributed by atoms with van der Waals surface area (Å²) in [6.45, 7) is 2.06. The van der Waals surface area contributed by atoms with Gasteiger partial charge >= 0.3 is 0 Å². The van der Waals surface area contributed by atoms with Crippen LogP contribution in [0.5, 0.6) is 0 Å². The molecule has 0 saturated carbocycles. The van der Waals surface area contributed by atoms with E-state index in [-0.39, 0.29) is 18.4 Å². The second-order valence-electron chi connectivity index (χ2n) is 6.15. The number of carbonyl (C=O) groups is 1. The third-order valence-corrected chi connectivity index (χ3v) is 4.41. The maximum atomic E-state index is 12.6. The van der Waals surface area contributed by atoms with Crippen molar-refractivity contribution in [2.75, 3.05) is 0 Å². The summed E-state index contributed by atoms with van der Waals surface area (Å²) in [6.07, 6.45) is 3.74. The van der Waals surface area contributed by atoms with E-state index in [1.54, 1.807) is 0 Å². The average molecular weight is 331 g/mol. The van der Waals surface area contributed by atoms with Gasteiger partial charge < -0.3 is 10.3 Å². The average Bonchev–Trinajstić information content (AvgIpc) is 3.05. The number of nitriles is 1. The number of nitrogens with zero attached hydrogens (tertiary/aromatic N) is 1. The van der Waals surface area contributed by atoms with Crippen molar-refractivity contribution in [3.8, 4) is 6.07 Å². The number of aromatic amines is 1. The minimum atomic E-state index is -0.220. The van der Waals surface area contributed by atoms with Crippen LogP contribution in [0.1, 0.15) is 34.8 Å². The Kier molecular flexibility index (Phi) is 5.15. The van der Waals surface area contributed by atoms with E-state index in [0.29, 0.717) is 12.0 Å². The van der Waals surface area contributed by atoms with Crippen LogP contribution in [0.3, 0.4) is 0 Å². The van der Waals surface area contributed by atoms with Crippen molar-refractivity contribution >= 4 is 16.8 Å². The monoisotopic (exact) mass is 331 g/mol. The van der Waals surface area contributed by atoms with Crippen molar-refractivity contribution in [2.24, 2.45) is 0 Å². The number of para-hydroxylation sites is 1.